The van der Waals surface area contributed by atoms with E-state index in [2.05, 4.69) is 41.5 Å². The molecule has 0 aliphatic rings. The first-order chi connectivity index (χ1) is 44.9. The van der Waals surface area contributed by atoms with Crippen molar-refractivity contribution in [2.24, 2.45) is 11.8 Å². The molecule has 552 valence electrons. The molecule has 0 saturated heterocycles. The van der Waals surface area contributed by atoms with Crippen molar-refractivity contribution in [3.05, 3.63) is 0 Å². The van der Waals surface area contributed by atoms with E-state index in [-0.39, 0.29) is 25.7 Å². The summed E-state index contributed by atoms with van der Waals surface area (Å²) in [7, 11) is -9.89. The lowest BCUT2D eigenvalue weighted by Gasteiger charge is -2.21. The molecular weight excluding hydrogens is 1220 g/mol. The third-order valence-corrected chi connectivity index (χ3v) is 19.1. The molecule has 2 unspecified atom stereocenters. The number of aliphatic hydroxyl groups excluding tert-OH is 1. The second-order valence-corrected chi connectivity index (χ2v) is 30.5. The molecule has 0 heterocycles. The molecule has 0 amide bonds. The quantitative estimate of drug-likeness (QED) is 0.0222. The van der Waals surface area contributed by atoms with Crippen LogP contribution in [0.25, 0.3) is 0 Å². The van der Waals surface area contributed by atoms with E-state index < -0.39 is 97.5 Å². The van der Waals surface area contributed by atoms with Crippen molar-refractivity contribution in [1.82, 2.24) is 0 Å². The van der Waals surface area contributed by atoms with Crippen LogP contribution in [0.2, 0.25) is 0 Å². The Hall–Kier alpha value is -1.94. The first-order valence-electron chi connectivity index (χ1n) is 38.5. The van der Waals surface area contributed by atoms with Gasteiger partial charge in [0.25, 0.3) is 0 Å². The lowest BCUT2D eigenvalue weighted by Crippen LogP contribution is -2.30. The third-order valence-electron chi connectivity index (χ3n) is 17.2. The Morgan fingerprint density at radius 3 is 0.731 bits per heavy atom. The van der Waals surface area contributed by atoms with Gasteiger partial charge in [-0.05, 0) is 37.5 Å². The standard InChI is InChI=1S/C74H144O17P2/c1-7-9-11-13-14-15-27-35-40-46-52-58-73(78)90-69(62-84-71(76)56-50-42-12-10-8-2)64-88-92(80,81)86-60-68(75)61-87-93(82,83)89-65-70(63-85-72(77)57-51-45-39-34-30-26-22-24-29-33-38-44-49-55-67(5)6)91-74(79)59-53-47-41-36-31-25-21-19-17-16-18-20-23-28-32-37-43-48-54-66(3)4/h66-70,75H,7-65H2,1-6H3,(H,80,81)(H,82,83)/t68-,69+,70+/m0/s1. The highest BCUT2D eigenvalue weighted by Gasteiger charge is 2.30. The van der Waals surface area contributed by atoms with Gasteiger partial charge >= 0.3 is 39.5 Å². The van der Waals surface area contributed by atoms with E-state index in [0.29, 0.717) is 25.7 Å². The van der Waals surface area contributed by atoms with Crippen molar-refractivity contribution >= 4 is 39.5 Å². The van der Waals surface area contributed by atoms with Crippen molar-refractivity contribution in [2.45, 2.75) is 400 Å². The molecule has 0 radical (unpaired) electrons. The molecule has 0 bridgehead atoms. The van der Waals surface area contributed by atoms with Gasteiger partial charge in [0.2, 0.25) is 0 Å². The van der Waals surface area contributed by atoms with Crippen molar-refractivity contribution in [2.75, 3.05) is 39.6 Å². The Kier molecular flexibility index (Phi) is 64.6. The predicted octanol–water partition coefficient (Wildman–Crippen LogP) is 21.6. The molecule has 0 rings (SSSR count). The first-order valence-corrected chi connectivity index (χ1v) is 41.5. The molecule has 3 N–H and O–H groups in total. The third kappa shape index (κ3) is 68.4. The maximum atomic E-state index is 13.1. The fourth-order valence-electron chi connectivity index (χ4n) is 11.3. The number of carbonyl (C=O) groups is 4. The number of hydrogen-bond acceptors (Lipinski definition) is 15. The van der Waals surface area contributed by atoms with Crippen LogP contribution >= 0.6 is 15.6 Å². The molecule has 0 aliphatic heterocycles. The van der Waals surface area contributed by atoms with Crippen LogP contribution in [0, 0.1) is 11.8 Å². The molecule has 0 aromatic carbocycles. The van der Waals surface area contributed by atoms with Crippen LogP contribution in [0.5, 0.6) is 0 Å². The molecular formula is C74H144O17P2. The average molecular weight is 1370 g/mol. The molecule has 17 nitrogen and oxygen atoms in total. The van der Waals surface area contributed by atoms with E-state index in [0.717, 1.165) is 108 Å². The van der Waals surface area contributed by atoms with Gasteiger partial charge in [0, 0.05) is 25.7 Å². The highest BCUT2D eigenvalue weighted by atomic mass is 31.2. The number of hydrogen-bond donors (Lipinski definition) is 3. The van der Waals surface area contributed by atoms with E-state index in [4.69, 9.17) is 37.0 Å². The summed E-state index contributed by atoms with van der Waals surface area (Å²) in [4.78, 5) is 72.4. The summed E-state index contributed by atoms with van der Waals surface area (Å²) >= 11 is 0. The van der Waals surface area contributed by atoms with Crippen LogP contribution in [0.4, 0.5) is 0 Å². The topological polar surface area (TPSA) is 237 Å². The van der Waals surface area contributed by atoms with Gasteiger partial charge in [-0.15, -0.1) is 0 Å². The summed E-state index contributed by atoms with van der Waals surface area (Å²) < 4.78 is 68.2. The van der Waals surface area contributed by atoms with Gasteiger partial charge in [-0.2, -0.15) is 0 Å². The number of rotatable bonds is 73. The molecule has 0 spiro atoms. The zero-order chi connectivity index (χ0) is 68.6. The normalized spacial score (nSPS) is 14.1. The summed E-state index contributed by atoms with van der Waals surface area (Å²) in [6.45, 7) is 9.54. The molecule has 93 heavy (non-hydrogen) atoms. The number of unbranched alkanes of at least 4 members (excludes halogenated alkanes) is 43. The van der Waals surface area contributed by atoms with Crippen LogP contribution in [0.3, 0.4) is 0 Å². The van der Waals surface area contributed by atoms with E-state index in [9.17, 15) is 43.2 Å². The monoisotopic (exact) mass is 1370 g/mol. The van der Waals surface area contributed by atoms with Gasteiger partial charge in [0.05, 0.1) is 26.4 Å². The minimum atomic E-state index is -4.95. The smallest absolute Gasteiger partial charge is 0.462 e. The Balaban J connectivity index is 5.12. The molecule has 0 aliphatic carbocycles. The SMILES string of the molecule is CCCCCCCCCCCCCC(=O)O[C@H](COC(=O)CCCCCCC)COP(=O)(O)OC[C@H](O)COP(=O)(O)OC[C@@H](COC(=O)CCCCCCCCCCCCCCCC(C)C)OC(=O)CCCCCCCCCCCCCCCCCCCCC(C)C. The minimum Gasteiger partial charge on any atom is -0.462 e. The van der Waals surface area contributed by atoms with Crippen molar-refractivity contribution in [1.29, 1.82) is 0 Å². The van der Waals surface area contributed by atoms with Gasteiger partial charge in [-0.1, -0.05) is 330 Å². The van der Waals surface area contributed by atoms with E-state index in [1.165, 1.54) is 193 Å². The second kappa shape index (κ2) is 66.0. The lowest BCUT2D eigenvalue weighted by atomic mass is 10.0. The summed E-state index contributed by atoms with van der Waals surface area (Å²) in [5, 5.41) is 10.6. The molecule has 5 atom stereocenters. The van der Waals surface area contributed by atoms with Crippen molar-refractivity contribution < 1.29 is 80.2 Å². The van der Waals surface area contributed by atoms with E-state index >= 15 is 0 Å². The highest BCUT2D eigenvalue weighted by Crippen LogP contribution is 2.45. The Morgan fingerprint density at radius 1 is 0.290 bits per heavy atom. The largest absolute Gasteiger partial charge is 0.472 e. The van der Waals surface area contributed by atoms with E-state index in [1.807, 2.05) is 0 Å². The number of carbonyl (C=O) groups excluding carboxylic acids is 4. The van der Waals surface area contributed by atoms with Crippen LogP contribution in [-0.4, -0.2) is 96.7 Å². The Morgan fingerprint density at radius 2 is 0.495 bits per heavy atom. The maximum Gasteiger partial charge on any atom is 0.472 e. The highest BCUT2D eigenvalue weighted by molar-refractivity contribution is 7.47. The van der Waals surface area contributed by atoms with Crippen LogP contribution < -0.4 is 0 Å². The average Bonchev–Trinajstić information content (AvgIpc) is 2.35. The van der Waals surface area contributed by atoms with Gasteiger partial charge in [-0.3, -0.25) is 37.3 Å². The second-order valence-electron chi connectivity index (χ2n) is 27.6. The molecule has 0 aromatic heterocycles. The molecule has 0 aromatic rings. The number of ether oxygens (including phenoxy) is 4. The number of esters is 4. The van der Waals surface area contributed by atoms with Gasteiger partial charge in [0.1, 0.15) is 19.3 Å². The van der Waals surface area contributed by atoms with Crippen LogP contribution in [-0.2, 0) is 65.4 Å². The van der Waals surface area contributed by atoms with Gasteiger partial charge in [-0.25, -0.2) is 9.13 Å². The number of phosphoric ester groups is 2. The van der Waals surface area contributed by atoms with Crippen molar-refractivity contribution in [3.8, 4) is 0 Å². The van der Waals surface area contributed by atoms with Crippen molar-refractivity contribution in [3.63, 3.8) is 0 Å². The maximum absolute atomic E-state index is 13.1. The summed E-state index contributed by atoms with van der Waals surface area (Å²) in [5.74, 6) is -0.518. The zero-order valence-corrected chi connectivity index (χ0v) is 62.3. The summed E-state index contributed by atoms with van der Waals surface area (Å²) in [6.07, 6.45) is 53.2. The minimum absolute atomic E-state index is 0.106. The molecule has 0 saturated carbocycles. The Labute approximate surface area is 568 Å². The zero-order valence-electron chi connectivity index (χ0n) is 60.6. The summed E-state index contributed by atoms with van der Waals surface area (Å²) in [5.41, 5.74) is 0. The van der Waals surface area contributed by atoms with Crippen LogP contribution in [0.1, 0.15) is 382 Å². The number of aliphatic hydroxyl groups is 1. The predicted molar refractivity (Wildman–Crippen MR) is 377 cm³/mol. The molecule has 0 fully saturated rings. The number of phosphoric acid groups is 2. The fraction of sp³-hybridized carbons (Fsp3) is 0.946. The fourth-order valence-corrected chi connectivity index (χ4v) is 12.9. The Bertz CT molecular complexity index is 1800. The molecule has 19 heteroatoms. The first kappa shape index (κ1) is 91.1. The van der Waals surface area contributed by atoms with E-state index in [1.54, 1.807) is 0 Å². The van der Waals surface area contributed by atoms with Crippen LogP contribution in [0.15, 0.2) is 0 Å². The van der Waals surface area contributed by atoms with Gasteiger partial charge < -0.3 is 33.8 Å². The van der Waals surface area contributed by atoms with Gasteiger partial charge in [0.15, 0.2) is 12.2 Å². The lowest BCUT2D eigenvalue weighted by molar-refractivity contribution is -0.161. The summed E-state index contributed by atoms with van der Waals surface area (Å²) in [6, 6.07) is 0.